The summed E-state index contributed by atoms with van der Waals surface area (Å²) in [5.41, 5.74) is 4.21. The molecule has 2 aliphatic carbocycles. The molecule has 1 saturated heterocycles. The van der Waals surface area contributed by atoms with Crippen LogP contribution in [0.25, 0.3) is 0 Å². The molecule has 3 heterocycles. The number of phosphoric ester groups is 3. The van der Waals surface area contributed by atoms with E-state index in [9.17, 15) is 19.3 Å². The number of hydrogen-bond donors (Lipinski definition) is 1. The van der Waals surface area contributed by atoms with E-state index < -0.39 is 97.1 Å². The average Bonchev–Trinajstić information content (AvgIpc) is 1.53. The van der Waals surface area contributed by atoms with Crippen LogP contribution in [-0.2, 0) is 121 Å². The molecule has 0 aromatic heterocycles. The lowest BCUT2D eigenvalue weighted by Gasteiger charge is -2.45. The maximum atomic E-state index is 16.0. The Hall–Kier alpha value is -2.71. The molecule has 3 aliphatic heterocycles. The van der Waals surface area contributed by atoms with Crippen molar-refractivity contribution in [3.8, 4) is 0 Å². The van der Waals surface area contributed by atoms with Crippen molar-refractivity contribution in [1.29, 1.82) is 0 Å². The van der Waals surface area contributed by atoms with Crippen LogP contribution < -0.4 is 0 Å². The van der Waals surface area contributed by atoms with Crippen molar-refractivity contribution >= 4 is 51.3 Å². The Kier molecular flexibility index (Phi) is 33.7. The zero-order valence-electron chi connectivity index (χ0n) is 56.0. The molecule has 23 heteroatoms. The predicted octanol–water partition coefficient (Wildman–Crippen LogP) is 19.3. The second-order valence-electron chi connectivity index (χ2n) is 26.1. The number of carbonyl (C=O) groups is 2. The van der Waals surface area contributed by atoms with Crippen LogP contribution in [0.2, 0.25) is 0 Å². The number of hydrogen-bond acceptors (Lipinski definition) is 19. The number of fused-ring (bicyclic) bond motifs is 3. The third-order valence-electron chi connectivity index (χ3n) is 18.5. The van der Waals surface area contributed by atoms with Gasteiger partial charge in [-0.2, -0.15) is 0 Å². The van der Waals surface area contributed by atoms with E-state index in [0.29, 0.717) is 71.7 Å². The van der Waals surface area contributed by atoms with E-state index in [0.717, 1.165) is 56.9 Å². The number of benzene rings is 3. The van der Waals surface area contributed by atoms with Crippen LogP contribution in [0, 0.1) is 0 Å². The SMILES string of the molecule is CCCCCCCCCCCCCCCC(=O)OCC(COP(=O)(OCc1ccccc1CBr)O[C@H]1[C@H](O)[C@@H](OP2(=O)OCc3ccccc3CO2)[C@H](OP2(=O)OCc3ccccc3CO2)[C@H]2OC3(CCCCC3)O[C@H]21)OC(=O)CCCCCCCCCCCCCCC. The number of ether oxygens (including phenoxy) is 4. The topological polar surface area (TPSA) is 226 Å². The van der Waals surface area contributed by atoms with Gasteiger partial charge in [0.1, 0.15) is 43.2 Å². The number of aliphatic hydroxyl groups excluding tert-OH is 1. The lowest BCUT2D eigenvalue weighted by Crippen LogP contribution is -2.64. The predicted molar refractivity (Wildman–Crippen MR) is 362 cm³/mol. The Labute approximate surface area is 568 Å². The molecule has 94 heavy (non-hydrogen) atoms. The summed E-state index contributed by atoms with van der Waals surface area (Å²) in [5.74, 6) is -2.34. The van der Waals surface area contributed by atoms with Gasteiger partial charge in [-0.15, -0.1) is 0 Å². The van der Waals surface area contributed by atoms with E-state index in [1.807, 2.05) is 36.4 Å². The summed E-state index contributed by atoms with van der Waals surface area (Å²) in [6.45, 7) is 2.34. The fourth-order valence-electron chi connectivity index (χ4n) is 13.0. The highest BCUT2D eigenvalue weighted by Gasteiger charge is 2.65. The van der Waals surface area contributed by atoms with Crippen molar-refractivity contribution in [2.75, 3.05) is 13.2 Å². The number of aliphatic hydroxyl groups is 1. The van der Waals surface area contributed by atoms with E-state index in [2.05, 4.69) is 29.8 Å². The highest BCUT2D eigenvalue weighted by atomic mass is 79.9. The van der Waals surface area contributed by atoms with Gasteiger partial charge in [0.25, 0.3) is 0 Å². The van der Waals surface area contributed by atoms with E-state index in [4.69, 9.17) is 59.7 Å². The Morgan fingerprint density at radius 2 is 0.936 bits per heavy atom. The molecule has 1 spiro atoms. The van der Waals surface area contributed by atoms with Gasteiger partial charge in [-0.1, -0.05) is 263 Å². The van der Waals surface area contributed by atoms with Gasteiger partial charge in [-0.05, 0) is 59.1 Å². The number of phosphoric acid groups is 3. The summed E-state index contributed by atoms with van der Waals surface area (Å²) < 4.78 is 128. The van der Waals surface area contributed by atoms with E-state index in [1.54, 1.807) is 36.4 Å². The second-order valence-corrected chi connectivity index (χ2v) is 31.5. The zero-order chi connectivity index (χ0) is 66.3. The molecule has 528 valence electrons. The lowest BCUT2D eigenvalue weighted by molar-refractivity contribution is -0.202. The molecule has 19 nitrogen and oxygen atoms in total. The monoisotopic (exact) mass is 1440 g/mol. The third kappa shape index (κ3) is 25.2. The fraction of sp³-hybridized carbons (Fsp3) is 0.718. The van der Waals surface area contributed by atoms with Crippen molar-refractivity contribution in [3.05, 3.63) is 106 Å². The quantitative estimate of drug-likeness (QED) is 0.0240. The van der Waals surface area contributed by atoms with Gasteiger partial charge in [0, 0.05) is 31.0 Å². The van der Waals surface area contributed by atoms with Crippen molar-refractivity contribution < 1.29 is 88.1 Å². The molecule has 3 aromatic carbocycles. The first-order chi connectivity index (χ1) is 45.7. The van der Waals surface area contributed by atoms with Gasteiger partial charge < -0.3 is 24.1 Å². The zero-order valence-corrected chi connectivity index (χ0v) is 60.2. The van der Waals surface area contributed by atoms with Gasteiger partial charge in [0.05, 0.1) is 39.6 Å². The standard InChI is InChI=1S/C71H108BrO19P3/c1-3-5-7-9-11-13-15-17-19-21-23-25-28-44-63(73)79-54-62(86-64(74)45-29-26-24-22-20-18-16-14-12-10-8-6-4-2)55-85-94(78,80-49-57-39-31-30-38-56(57)48-72)89-66-65(75)67(90-92(76)81-50-58-40-32-33-41-59(58)51-82-92)70(69-68(66)87-71(88-69)46-36-27-37-47-71)91-93(77)83-52-60-42-34-35-43-61(60)53-84-93/h30-35,38-43,62,65-70,75H,3-29,36-37,44-55H2,1-2H3/t62?,65-,66-,67+,68-,69-,70-,94?/m0/s1. The summed E-state index contributed by atoms with van der Waals surface area (Å²) in [6, 6.07) is 21.8. The van der Waals surface area contributed by atoms with Gasteiger partial charge in [-0.25, -0.2) is 13.7 Å². The van der Waals surface area contributed by atoms with Gasteiger partial charge in [-0.3, -0.25) is 50.3 Å². The van der Waals surface area contributed by atoms with Crippen molar-refractivity contribution in [2.45, 2.75) is 313 Å². The Morgan fingerprint density at radius 3 is 1.39 bits per heavy atom. The smallest absolute Gasteiger partial charge is 0.462 e. The summed E-state index contributed by atoms with van der Waals surface area (Å²) in [6.07, 6.45) is 21.7. The van der Waals surface area contributed by atoms with E-state index in [1.165, 1.54) is 109 Å². The lowest BCUT2D eigenvalue weighted by atomic mass is 9.85. The number of alkyl halides is 1. The van der Waals surface area contributed by atoms with Crippen LogP contribution in [0.15, 0.2) is 72.8 Å². The number of esters is 2. The van der Waals surface area contributed by atoms with E-state index in [-0.39, 0.29) is 45.9 Å². The molecule has 2 unspecified atom stereocenters. The molecule has 5 aliphatic rings. The fourth-order valence-corrected chi connectivity index (χ4v) is 17.6. The minimum Gasteiger partial charge on any atom is -0.462 e. The number of carbonyl (C=O) groups excluding carboxylic acids is 2. The van der Waals surface area contributed by atoms with Crippen LogP contribution in [-0.4, -0.2) is 78.8 Å². The maximum Gasteiger partial charge on any atom is 0.475 e. The van der Waals surface area contributed by atoms with Crippen molar-refractivity contribution in [2.24, 2.45) is 0 Å². The molecule has 3 aromatic rings. The molecule has 0 radical (unpaired) electrons. The largest absolute Gasteiger partial charge is 0.475 e. The third-order valence-corrected chi connectivity index (χ3v) is 23.3. The molecule has 8 rings (SSSR count). The summed E-state index contributed by atoms with van der Waals surface area (Å²) in [4.78, 5) is 27.3. The Morgan fingerprint density at radius 1 is 0.532 bits per heavy atom. The van der Waals surface area contributed by atoms with Crippen molar-refractivity contribution in [3.63, 3.8) is 0 Å². The second kappa shape index (κ2) is 41.1. The minimum absolute atomic E-state index is 0.0928. The Bertz CT molecular complexity index is 2790. The van der Waals surface area contributed by atoms with Crippen LogP contribution in [0.4, 0.5) is 0 Å². The highest BCUT2D eigenvalue weighted by molar-refractivity contribution is 9.08. The van der Waals surface area contributed by atoms with Gasteiger partial charge in [0.2, 0.25) is 0 Å². The Balaban J connectivity index is 1.01. The number of unbranched alkanes of at least 4 members (excludes halogenated alkanes) is 24. The number of rotatable bonds is 44. The molecule has 8 atom stereocenters. The van der Waals surface area contributed by atoms with Crippen LogP contribution in [0.5, 0.6) is 0 Å². The van der Waals surface area contributed by atoms with E-state index >= 15 is 9.13 Å². The first-order valence-electron chi connectivity index (χ1n) is 35.6. The first-order valence-corrected chi connectivity index (χ1v) is 41.1. The van der Waals surface area contributed by atoms with Crippen LogP contribution in [0.1, 0.15) is 259 Å². The highest BCUT2D eigenvalue weighted by Crippen LogP contribution is 2.62. The minimum atomic E-state index is -5.08. The van der Waals surface area contributed by atoms with Crippen LogP contribution in [0.3, 0.4) is 0 Å². The normalized spacial score (nSPS) is 23.1. The first kappa shape index (κ1) is 77.0. The molecular formula is C71H108BrO19P3. The van der Waals surface area contributed by atoms with Gasteiger partial charge >= 0.3 is 35.4 Å². The molecular weight excluding hydrogens is 1330 g/mol. The van der Waals surface area contributed by atoms with Crippen LogP contribution >= 0.6 is 39.4 Å². The maximum absolute atomic E-state index is 16.0. The molecule has 1 N–H and O–H groups in total. The summed E-state index contributed by atoms with van der Waals surface area (Å²) in [5, 5.41) is 13.5. The molecule has 3 fully saturated rings. The van der Waals surface area contributed by atoms with Crippen molar-refractivity contribution in [1.82, 2.24) is 0 Å². The summed E-state index contributed by atoms with van der Waals surface area (Å²) in [7, 11) is -14.4. The number of halogens is 1. The molecule has 2 saturated carbocycles. The average molecular weight is 1440 g/mol. The molecule has 0 bridgehead atoms. The molecule has 0 amide bonds. The van der Waals surface area contributed by atoms with Gasteiger partial charge in [0.15, 0.2) is 11.9 Å². The summed E-state index contributed by atoms with van der Waals surface area (Å²) >= 11 is 3.55.